The highest BCUT2D eigenvalue weighted by Crippen LogP contribution is 2.30. The Morgan fingerprint density at radius 3 is 2.32 bits per heavy atom. The van der Waals surface area contributed by atoms with Crippen LogP contribution in [0.2, 0.25) is 0 Å². The van der Waals surface area contributed by atoms with Gasteiger partial charge in [0.25, 0.3) is 5.89 Å². The fourth-order valence-electron chi connectivity index (χ4n) is 3.35. The number of aromatic nitrogens is 3. The summed E-state index contributed by atoms with van der Waals surface area (Å²) in [5, 5.41) is 4.21. The van der Waals surface area contributed by atoms with Gasteiger partial charge in [0, 0.05) is 22.5 Å². The third-order valence-electron chi connectivity index (χ3n) is 4.47. The molecule has 0 amide bonds. The lowest BCUT2D eigenvalue weighted by Gasteiger charge is -2.12. The molecule has 0 fully saturated rings. The van der Waals surface area contributed by atoms with Gasteiger partial charge < -0.3 is 9.26 Å². The van der Waals surface area contributed by atoms with Crippen molar-refractivity contribution >= 4 is 0 Å². The lowest BCUT2D eigenvalue weighted by Crippen LogP contribution is -2.00. The van der Waals surface area contributed by atoms with Crippen molar-refractivity contribution in [3.8, 4) is 28.6 Å². The molecule has 0 radical (unpaired) electrons. The number of hydrogen-bond donors (Lipinski definition) is 0. The van der Waals surface area contributed by atoms with Crippen LogP contribution < -0.4 is 4.74 Å². The Kier molecular flexibility index (Phi) is 6.12. The zero-order chi connectivity index (χ0) is 20.3. The standard InChI is InChI=1S/C23H29N3O2/c1-7-8-27-21-15(4)10-18(11-16(21)5)22-25-23(28-26-22)19-12-17(6)24-20(13-19)9-14(2)3/h10-14H,7-9H2,1-6H3. The third kappa shape index (κ3) is 4.58. The maximum Gasteiger partial charge on any atom is 0.258 e. The molecule has 0 N–H and O–H groups in total. The maximum atomic E-state index is 5.87. The maximum absolute atomic E-state index is 5.87. The molecule has 0 saturated carbocycles. The molecule has 0 spiro atoms. The lowest BCUT2D eigenvalue weighted by atomic mass is 10.0. The van der Waals surface area contributed by atoms with Gasteiger partial charge in [-0.1, -0.05) is 25.9 Å². The van der Waals surface area contributed by atoms with Crippen LogP contribution in [0.15, 0.2) is 28.8 Å². The number of pyridine rings is 1. The van der Waals surface area contributed by atoms with Crippen LogP contribution in [-0.2, 0) is 6.42 Å². The molecule has 1 aromatic carbocycles. The van der Waals surface area contributed by atoms with Crippen molar-refractivity contribution < 1.29 is 9.26 Å². The molecule has 0 atom stereocenters. The van der Waals surface area contributed by atoms with E-state index in [2.05, 4.69) is 48.0 Å². The van der Waals surface area contributed by atoms with E-state index < -0.39 is 0 Å². The summed E-state index contributed by atoms with van der Waals surface area (Å²) in [6.07, 6.45) is 1.91. The lowest BCUT2D eigenvalue weighted by molar-refractivity contribution is 0.313. The molecule has 3 aromatic rings. The van der Waals surface area contributed by atoms with Gasteiger partial charge in [-0.3, -0.25) is 4.98 Å². The largest absolute Gasteiger partial charge is 0.493 e. The van der Waals surface area contributed by atoms with E-state index in [1.165, 1.54) is 0 Å². The normalized spacial score (nSPS) is 11.2. The first kappa shape index (κ1) is 20.1. The first-order chi connectivity index (χ1) is 13.4. The van der Waals surface area contributed by atoms with E-state index in [4.69, 9.17) is 9.26 Å². The summed E-state index contributed by atoms with van der Waals surface area (Å²) < 4.78 is 11.4. The Balaban J connectivity index is 1.92. The molecule has 0 bridgehead atoms. The van der Waals surface area contributed by atoms with Crippen LogP contribution in [0.5, 0.6) is 5.75 Å². The first-order valence-electron chi connectivity index (χ1n) is 9.93. The zero-order valence-corrected chi connectivity index (χ0v) is 17.7. The summed E-state index contributed by atoms with van der Waals surface area (Å²) in [4.78, 5) is 9.26. The molecular formula is C23H29N3O2. The van der Waals surface area contributed by atoms with Gasteiger partial charge in [0.05, 0.1) is 6.61 Å². The number of nitrogens with zero attached hydrogens (tertiary/aromatic N) is 3. The molecule has 0 aliphatic rings. The minimum atomic E-state index is 0.520. The molecule has 0 aliphatic carbocycles. The van der Waals surface area contributed by atoms with Gasteiger partial charge in [0.2, 0.25) is 5.82 Å². The Bertz CT molecular complexity index is 937. The quantitative estimate of drug-likeness (QED) is 0.526. The Hall–Kier alpha value is -2.69. The zero-order valence-electron chi connectivity index (χ0n) is 17.7. The molecule has 0 aliphatic heterocycles. The van der Waals surface area contributed by atoms with Crippen LogP contribution in [0.1, 0.15) is 49.7 Å². The molecule has 5 heteroatoms. The molecule has 0 unspecified atom stereocenters. The highest BCUT2D eigenvalue weighted by molar-refractivity contribution is 5.63. The molecule has 2 heterocycles. The fourth-order valence-corrected chi connectivity index (χ4v) is 3.35. The van der Waals surface area contributed by atoms with Crippen LogP contribution >= 0.6 is 0 Å². The number of ether oxygens (including phenoxy) is 1. The van der Waals surface area contributed by atoms with E-state index in [1.807, 2.05) is 32.9 Å². The minimum Gasteiger partial charge on any atom is -0.493 e. The topological polar surface area (TPSA) is 61.0 Å². The molecular weight excluding hydrogens is 350 g/mol. The number of benzene rings is 1. The molecule has 148 valence electrons. The third-order valence-corrected chi connectivity index (χ3v) is 4.47. The van der Waals surface area contributed by atoms with E-state index in [-0.39, 0.29) is 0 Å². The molecule has 28 heavy (non-hydrogen) atoms. The van der Waals surface area contributed by atoms with E-state index >= 15 is 0 Å². The monoisotopic (exact) mass is 379 g/mol. The molecule has 3 rings (SSSR count). The van der Waals surface area contributed by atoms with Crippen molar-refractivity contribution in [3.05, 3.63) is 46.8 Å². The van der Waals surface area contributed by atoms with Crippen molar-refractivity contribution in [1.82, 2.24) is 15.1 Å². The van der Waals surface area contributed by atoms with Crippen molar-refractivity contribution in [3.63, 3.8) is 0 Å². The first-order valence-corrected chi connectivity index (χ1v) is 9.93. The van der Waals surface area contributed by atoms with Gasteiger partial charge in [0.15, 0.2) is 0 Å². The van der Waals surface area contributed by atoms with E-state index in [9.17, 15) is 0 Å². The average molecular weight is 380 g/mol. The van der Waals surface area contributed by atoms with Gasteiger partial charge in [0.1, 0.15) is 5.75 Å². The predicted octanol–water partition coefficient (Wildman–Crippen LogP) is 5.71. The fraction of sp³-hybridized carbons (Fsp3) is 0.435. The summed E-state index contributed by atoms with van der Waals surface area (Å²) in [6, 6.07) is 8.13. The van der Waals surface area contributed by atoms with Crippen LogP contribution in [0, 0.1) is 26.7 Å². The predicted molar refractivity (Wildman–Crippen MR) is 112 cm³/mol. The summed E-state index contributed by atoms with van der Waals surface area (Å²) in [5.74, 6) is 2.59. The number of hydrogen-bond acceptors (Lipinski definition) is 5. The van der Waals surface area contributed by atoms with Crippen molar-refractivity contribution in [1.29, 1.82) is 0 Å². The van der Waals surface area contributed by atoms with Crippen LogP contribution in [0.25, 0.3) is 22.8 Å². The van der Waals surface area contributed by atoms with Gasteiger partial charge in [-0.25, -0.2) is 0 Å². The van der Waals surface area contributed by atoms with E-state index in [1.54, 1.807) is 0 Å². The Morgan fingerprint density at radius 1 is 0.964 bits per heavy atom. The number of rotatable bonds is 7. The highest BCUT2D eigenvalue weighted by atomic mass is 16.5. The summed E-state index contributed by atoms with van der Waals surface area (Å²) >= 11 is 0. The van der Waals surface area contributed by atoms with Crippen molar-refractivity contribution in [2.24, 2.45) is 5.92 Å². The van der Waals surface area contributed by atoms with Crippen molar-refractivity contribution in [2.75, 3.05) is 6.61 Å². The van der Waals surface area contributed by atoms with Gasteiger partial charge in [-0.15, -0.1) is 0 Å². The van der Waals surface area contributed by atoms with Crippen molar-refractivity contribution in [2.45, 2.75) is 54.4 Å². The smallest absolute Gasteiger partial charge is 0.258 e. The average Bonchev–Trinajstić information content (AvgIpc) is 3.10. The Labute approximate surface area is 167 Å². The molecule has 0 saturated heterocycles. The molecule has 5 nitrogen and oxygen atoms in total. The molecule has 2 aromatic heterocycles. The number of aryl methyl sites for hydroxylation is 3. The van der Waals surface area contributed by atoms with Crippen LogP contribution in [0.4, 0.5) is 0 Å². The van der Waals surface area contributed by atoms with Gasteiger partial charge in [-0.05, 0) is 74.9 Å². The summed E-state index contributed by atoms with van der Waals surface area (Å²) in [5.41, 5.74) is 6.01. The van der Waals surface area contributed by atoms with E-state index in [0.717, 1.165) is 52.2 Å². The SMILES string of the molecule is CCCOc1c(C)cc(-c2noc(-c3cc(C)nc(CC(C)C)c3)n2)cc1C. The summed E-state index contributed by atoms with van der Waals surface area (Å²) in [7, 11) is 0. The van der Waals surface area contributed by atoms with Crippen LogP contribution in [0.3, 0.4) is 0 Å². The minimum absolute atomic E-state index is 0.520. The Morgan fingerprint density at radius 2 is 1.68 bits per heavy atom. The second-order valence-electron chi connectivity index (χ2n) is 7.80. The van der Waals surface area contributed by atoms with Gasteiger partial charge in [-0.2, -0.15) is 4.98 Å². The second-order valence-corrected chi connectivity index (χ2v) is 7.80. The highest BCUT2D eigenvalue weighted by Gasteiger charge is 2.15. The van der Waals surface area contributed by atoms with Crippen LogP contribution in [-0.4, -0.2) is 21.7 Å². The summed E-state index contributed by atoms with van der Waals surface area (Å²) in [6.45, 7) is 13.3. The van der Waals surface area contributed by atoms with Gasteiger partial charge >= 0.3 is 0 Å². The second kappa shape index (κ2) is 8.55. The van der Waals surface area contributed by atoms with E-state index in [0.29, 0.717) is 24.2 Å².